The van der Waals surface area contributed by atoms with Crippen LogP contribution in [0, 0.1) is 5.41 Å². The third kappa shape index (κ3) is 3.61. The lowest BCUT2D eigenvalue weighted by Gasteiger charge is -2.32. The molecule has 1 aromatic carbocycles. The summed E-state index contributed by atoms with van der Waals surface area (Å²) in [5, 5.41) is 6.89. The van der Waals surface area contributed by atoms with Gasteiger partial charge in [0.05, 0.1) is 5.41 Å². The smallest absolute Gasteiger partial charge is 0.231 e. The molecule has 2 rings (SSSR count). The number of hydrogen-bond acceptors (Lipinski definition) is 2. The lowest BCUT2D eigenvalue weighted by atomic mass is 9.82. The molecule has 1 heterocycles. The molecule has 1 aromatic rings. The second kappa shape index (κ2) is 6.41. The summed E-state index contributed by atoms with van der Waals surface area (Å²) in [6, 6.07) is 7.19. The average Bonchev–Trinajstić information content (AvgIpc) is 2.33. The third-order valence-electron chi connectivity index (χ3n) is 3.25. The number of halogens is 2. The van der Waals surface area contributed by atoms with Gasteiger partial charge in [0.25, 0.3) is 0 Å². The van der Waals surface area contributed by atoms with Gasteiger partial charge in [-0.15, -0.1) is 12.4 Å². The maximum absolute atomic E-state index is 12.2. The van der Waals surface area contributed by atoms with Gasteiger partial charge in [-0.2, -0.15) is 0 Å². The molecule has 0 bridgehead atoms. The van der Waals surface area contributed by atoms with Gasteiger partial charge in [-0.05, 0) is 50.6 Å². The molecule has 18 heavy (non-hydrogen) atoms. The van der Waals surface area contributed by atoms with Crippen molar-refractivity contribution < 1.29 is 4.79 Å². The van der Waals surface area contributed by atoms with Crippen molar-refractivity contribution in [2.75, 3.05) is 18.4 Å². The Hall–Kier alpha value is -0.770. The molecule has 1 atom stereocenters. The van der Waals surface area contributed by atoms with E-state index in [4.69, 9.17) is 11.6 Å². The van der Waals surface area contributed by atoms with Gasteiger partial charge in [-0.25, -0.2) is 0 Å². The first kappa shape index (κ1) is 15.3. The maximum Gasteiger partial charge on any atom is 0.231 e. The second-order valence-electron chi connectivity index (χ2n) is 4.80. The highest BCUT2D eigenvalue weighted by molar-refractivity contribution is 6.30. The largest absolute Gasteiger partial charge is 0.326 e. The molecular formula is C13H18Cl2N2O. The van der Waals surface area contributed by atoms with Gasteiger partial charge in [0.2, 0.25) is 5.91 Å². The zero-order valence-electron chi connectivity index (χ0n) is 10.3. The van der Waals surface area contributed by atoms with E-state index < -0.39 is 0 Å². The summed E-state index contributed by atoms with van der Waals surface area (Å²) < 4.78 is 0. The highest BCUT2D eigenvalue weighted by Gasteiger charge is 2.34. The number of carbonyl (C=O) groups is 1. The van der Waals surface area contributed by atoms with Crippen molar-refractivity contribution >= 4 is 35.6 Å². The van der Waals surface area contributed by atoms with Crippen LogP contribution < -0.4 is 10.6 Å². The van der Waals surface area contributed by atoms with Crippen LogP contribution in [-0.2, 0) is 4.79 Å². The fourth-order valence-electron chi connectivity index (χ4n) is 2.07. The lowest BCUT2D eigenvalue weighted by molar-refractivity contribution is -0.125. The standard InChI is InChI=1S/C13H17ClN2O.ClH/c1-13(7-2-8-15-9-13)12(17)16-11-5-3-10(14)4-6-11;/h3-6,15H,2,7-9H2,1H3,(H,16,17);1H. The first-order valence-electron chi connectivity index (χ1n) is 5.88. The first-order chi connectivity index (χ1) is 8.10. The van der Waals surface area contributed by atoms with Crippen LogP contribution in [-0.4, -0.2) is 19.0 Å². The number of piperidine rings is 1. The van der Waals surface area contributed by atoms with E-state index in [9.17, 15) is 4.79 Å². The van der Waals surface area contributed by atoms with Crippen LogP contribution >= 0.6 is 24.0 Å². The summed E-state index contributed by atoms with van der Waals surface area (Å²) in [6.45, 7) is 3.75. The molecular weight excluding hydrogens is 271 g/mol. The summed E-state index contributed by atoms with van der Waals surface area (Å²) in [5.74, 6) is 0.0759. The minimum absolute atomic E-state index is 0. The number of nitrogens with one attached hydrogen (secondary N) is 2. The molecule has 5 heteroatoms. The molecule has 0 saturated carbocycles. The van der Waals surface area contributed by atoms with E-state index in [2.05, 4.69) is 10.6 Å². The molecule has 0 aliphatic carbocycles. The Morgan fingerprint density at radius 1 is 1.39 bits per heavy atom. The second-order valence-corrected chi connectivity index (χ2v) is 5.24. The molecule has 0 radical (unpaired) electrons. The number of amides is 1. The van der Waals surface area contributed by atoms with E-state index in [1.807, 2.05) is 19.1 Å². The molecule has 1 aliphatic heterocycles. The van der Waals surface area contributed by atoms with Crippen LogP contribution in [0.5, 0.6) is 0 Å². The molecule has 1 saturated heterocycles. The summed E-state index contributed by atoms with van der Waals surface area (Å²) >= 11 is 5.80. The first-order valence-corrected chi connectivity index (χ1v) is 6.26. The number of carbonyl (C=O) groups excluding carboxylic acids is 1. The predicted molar refractivity (Wildman–Crippen MR) is 77.5 cm³/mol. The Balaban J connectivity index is 0.00000162. The Labute approximate surface area is 119 Å². The SMILES string of the molecule is CC1(C(=O)Nc2ccc(Cl)cc2)CCCNC1.Cl. The summed E-state index contributed by atoms with van der Waals surface area (Å²) in [4.78, 5) is 12.2. The van der Waals surface area contributed by atoms with Crippen LogP contribution in [0.15, 0.2) is 24.3 Å². The van der Waals surface area contributed by atoms with E-state index in [1.54, 1.807) is 12.1 Å². The van der Waals surface area contributed by atoms with Crippen molar-refractivity contribution in [2.24, 2.45) is 5.41 Å². The Morgan fingerprint density at radius 2 is 2.06 bits per heavy atom. The van der Waals surface area contributed by atoms with E-state index >= 15 is 0 Å². The predicted octanol–water partition coefficient (Wildman–Crippen LogP) is 3.09. The number of hydrogen-bond donors (Lipinski definition) is 2. The molecule has 3 nitrogen and oxygen atoms in total. The van der Waals surface area contributed by atoms with Crippen molar-refractivity contribution in [1.29, 1.82) is 0 Å². The van der Waals surface area contributed by atoms with Gasteiger partial charge in [0, 0.05) is 17.3 Å². The van der Waals surface area contributed by atoms with Gasteiger partial charge in [0.15, 0.2) is 0 Å². The van der Waals surface area contributed by atoms with E-state index in [0.29, 0.717) is 5.02 Å². The quantitative estimate of drug-likeness (QED) is 0.878. The van der Waals surface area contributed by atoms with Crippen molar-refractivity contribution in [1.82, 2.24) is 5.32 Å². The van der Waals surface area contributed by atoms with Gasteiger partial charge < -0.3 is 10.6 Å². The number of anilines is 1. The van der Waals surface area contributed by atoms with Gasteiger partial charge in [-0.3, -0.25) is 4.79 Å². The molecule has 1 amide bonds. The molecule has 1 unspecified atom stereocenters. The summed E-state index contributed by atoms with van der Waals surface area (Å²) in [7, 11) is 0. The number of rotatable bonds is 2. The lowest BCUT2D eigenvalue weighted by Crippen LogP contribution is -2.46. The topological polar surface area (TPSA) is 41.1 Å². The van der Waals surface area contributed by atoms with Crippen molar-refractivity contribution in [3.05, 3.63) is 29.3 Å². The Kier molecular flexibility index (Phi) is 5.45. The third-order valence-corrected chi connectivity index (χ3v) is 3.50. The van der Waals surface area contributed by atoms with Crippen LogP contribution in [0.4, 0.5) is 5.69 Å². The van der Waals surface area contributed by atoms with Crippen LogP contribution in [0.1, 0.15) is 19.8 Å². The Morgan fingerprint density at radius 3 is 2.61 bits per heavy atom. The van der Waals surface area contributed by atoms with E-state index in [-0.39, 0.29) is 23.7 Å². The van der Waals surface area contributed by atoms with E-state index in [0.717, 1.165) is 31.6 Å². The monoisotopic (exact) mass is 288 g/mol. The zero-order valence-corrected chi connectivity index (χ0v) is 11.9. The average molecular weight is 289 g/mol. The fraction of sp³-hybridized carbons (Fsp3) is 0.462. The summed E-state index contributed by atoms with van der Waals surface area (Å²) in [5.41, 5.74) is 0.490. The van der Waals surface area contributed by atoms with Gasteiger partial charge in [-0.1, -0.05) is 11.6 Å². The number of benzene rings is 1. The maximum atomic E-state index is 12.2. The fourth-order valence-corrected chi connectivity index (χ4v) is 2.19. The molecule has 1 fully saturated rings. The van der Waals surface area contributed by atoms with Crippen molar-refractivity contribution in [3.63, 3.8) is 0 Å². The van der Waals surface area contributed by atoms with Crippen LogP contribution in [0.2, 0.25) is 5.02 Å². The molecule has 100 valence electrons. The molecule has 0 aromatic heterocycles. The highest BCUT2D eigenvalue weighted by Crippen LogP contribution is 2.27. The van der Waals surface area contributed by atoms with Crippen LogP contribution in [0.25, 0.3) is 0 Å². The minimum atomic E-state index is -0.308. The van der Waals surface area contributed by atoms with Crippen molar-refractivity contribution in [3.8, 4) is 0 Å². The van der Waals surface area contributed by atoms with Crippen LogP contribution in [0.3, 0.4) is 0 Å². The van der Waals surface area contributed by atoms with Gasteiger partial charge in [0.1, 0.15) is 0 Å². The molecule has 0 spiro atoms. The highest BCUT2D eigenvalue weighted by atomic mass is 35.5. The summed E-state index contributed by atoms with van der Waals surface area (Å²) in [6.07, 6.45) is 1.98. The normalized spacial score (nSPS) is 23.0. The molecule has 1 aliphatic rings. The zero-order chi connectivity index (χ0) is 12.3. The van der Waals surface area contributed by atoms with Gasteiger partial charge >= 0.3 is 0 Å². The Bertz CT molecular complexity index is 400. The van der Waals surface area contributed by atoms with Crippen molar-refractivity contribution in [2.45, 2.75) is 19.8 Å². The minimum Gasteiger partial charge on any atom is -0.326 e. The van der Waals surface area contributed by atoms with E-state index in [1.165, 1.54) is 0 Å². The molecule has 2 N–H and O–H groups in total.